The molecule has 0 aliphatic rings. The Morgan fingerprint density at radius 2 is 1.47 bits per heavy atom. The molecule has 5 N–H and O–H groups in total. The molecule has 0 saturated carbocycles. The molecule has 1 aromatic carbocycles. The van der Waals surface area contributed by atoms with Crippen molar-refractivity contribution < 1.29 is 16.1 Å². The van der Waals surface area contributed by atoms with Gasteiger partial charge in [0.05, 0.1) is 0 Å². The zero-order valence-electron chi connectivity index (χ0n) is 10.1. The highest BCUT2D eigenvalue weighted by Crippen LogP contribution is 2.17. The number of nitrogens with zero attached hydrogens (tertiary/aromatic N) is 1. The number of rotatable bonds is 4. The zero-order valence-corrected chi connectivity index (χ0v) is 11.8. The Morgan fingerprint density at radius 3 is 1.88 bits per heavy atom. The van der Waals surface area contributed by atoms with E-state index in [9.17, 15) is 5.11 Å². The lowest BCUT2D eigenvalue weighted by molar-refractivity contribution is 0.291. The number of phenols is 1. The Hall–Kier alpha value is -0.520. The monoisotopic (exact) mass is 287 g/mol. The first kappa shape index (κ1) is 25.4. The summed E-state index contributed by atoms with van der Waals surface area (Å²) in [5.41, 5.74) is 1.01. The summed E-state index contributed by atoms with van der Waals surface area (Å²) in [6.45, 7) is 7.13. The molecule has 0 fully saturated rings. The van der Waals surface area contributed by atoms with Gasteiger partial charge in [0, 0.05) is 12.1 Å². The highest BCUT2D eigenvalue weighted by atomic mass is 35.5. The van der Waals surface area contributed by atoms with Gasteiger partial charge in [0.1, 0.15) is 5.75 Å². The first-order valence-corrected chi connectivity index (χ1v) is 4.77. The van der Waals surface area contributed by atoms with Crippen LogP contribution in [0.15, 0.2) is 24.3 Å². The number of halogens is 2. The van der Waals surface area contributed by atoms with Crippen LogP contribution < -0.4 is 0 Å². The zero-order chi connectivity index (χ0) is 9.68. The fourth-order valence-corrected chi connectivity index (χ4v) is 1.33. The van der Waals surface area contributed by atoms with Crippen molar-refractivity contribution in [2.75, 3.05) is 13.1 Å². The molecular formula is C11H23Cl2NO3. The number of hydrogen-bond acceptors (Lipinski definition) is 2. The number of para-hydroxylation sites is 1. The highest BCUT2D eigenvalue weighted by Gasteiger charge is 2.03. The molecule has 0 saturated heterocycles. The fraction of sp³-hybridized carbons (Fsp3) is 0.455. The van der Waals surface area contributed by atoms with Crippen molar-refractivity contribution >= 4 is 24.8 Å². The number of hydrogen-bond donors (Lipinski definition) is 1. The molecule has 0 amide bonds. The Balaban J connectivity index is -0.000000211. The van der Waals surface area contributed by atoms with Gasteiger partial charge < -0.3 is 16.1 Å². The van der Waals surface area contributed by atoms with E-state index in [0.717, 1.165) is 25.2 Å². The van der Waals surface area contributed by atoms with Gasteiger partial charge in [0.25, 0.3) is 0 Å². The molecule has 0 heterocycles. The summed E-state index contributed by atoms with van der Waals surface area (Å²) >= 11 is 0. The average molecular weight is 288 g/mol. The topological polar surface area (TPSA) is 86.5 Å². The van der Waals surface area contributed by atoms with Crippen LogP contribution in [-0.4, -0.2) is 34.0 Å². The third kappa shape index (κ3) is 8.24. The van der Waals surface area contributed by atoms with Gasteiger partial charge in [-0.1, -0.05) is 32.0 Å². The third-order valence-corrected chi connectivity index (χ3v) is 2.28. The predicted molar refractivity (Wildman–Crippen MR) is 76.5 cm³/mol. The Kier molecular flexibility index (Phi) is 20.2. The lowest BCUT2D eigenvalue weighted by Crippen LogP contribution is -2.22. The second-order valence-electron chi connectivity index (χ2n) is 3.09. The van der Waals surface area contributed by atoms with E-state index in [4.69, 9.17) is 0 Å². The Bertz CT molecular complexity index is 271. The molecule has 0 unspecified atom stereocenters. The maximum absolute atomic E-state index is 9.52. The van der Waals surface area contributed by atoms with Gasteiger partial charge in [-0.15, -0.1) is 24.8 Å². The largest absolute Gasteiger partial charge is 0.508 e. The summed E-state index contributed by atoms with van der Waals surface area (Å²) < 4.78 is 0. The Morgan fingerprint density at radius 1 is 1.00 bits per heavy atom. The van der Waals surface area contributed by atoms with Crippen LogP contribution in [0.5, 0.6) is 5.75 Å². The van der Waals surface area contributed by atoms with Crippen LogP contribution in [0.2, 0.25) is 0 Å². The number of aromatic hydroxyl groups is 1. The molecule has 0 spiro atoms. The molecular weight excluding hydrogens is 265 g/mol. The summed E-state index contributed by atoms with van der Waals surface area (Å²) in [5.74, 6) is 0.398. The molecule has 4 nitrogen and oxygen atoms in total. The summed E-state index contributed by atoms with van der Waals surface area (Å²) in [5, 5.41) is 9.52. The normalized spacial score (nSPS) is 8.18. The molecule has 1 rings (SSSR count). The van der Waals surface area contributed by atoms with Gasteiger partial charge >= 0.3 is 0 Å². The van der Waals surface area contributed by atoms with Gasteiger partial charge in [0.2, 0.25) is 0 Å². The lowest BCUT2D eigenvalue weighted by atomic mass is 10.2. The van der Waals surface area contributed by atoms with E-state index in [1.165, 1.54) is 0 Å². The maximum Gasteiger partial charge on any atom is 0.120 e. The average Bonchev–Trinajstić information content (AvgIpc) is 2.17. The smallest absolute Gasteiger partial charge is 0.120 e. The number of benzene rings is 1. The van der Waals surface area contributed by atoms with E-state index in [-0.39, 0.29) is 35.8 Å². The second-order valence-corrected chi connectivity index (χ2v) is 3.09. The fourth-order valence-electron chi connectivity index (χ4n) is 1.33. The summed E-state index contributed by atoms with van der Waals surface area (Å²) in [6.07, 6.45) is 0. The van der Waals surface area contributed by atoms with Crippen LogP contribution >= 0.6 is 24.8 Å². The molecule has 0 radical (unpaired) electrons. The molecule has 6 heteroatoms. The third-order valence-electron chi connectivity index (χ3n) is 2.28. The van der Waals surface area contributed by atoms with Gasteiger partial charge in [-0.05, 0) is 19.2 Å². The molecule has 1 aromatic rings. The van der Waals surface area contributed by atoms with Crippen molar-refractivity contribution in [2.45, 2.75) is 20.4 Å². The molecule has 0 aliphatic carbocycles. The van der Waals surface area contributed by atoms with Crippen LogP contribution in [-0.2, 0) is 6.54 Å². The maximum atomic E-state index is 9.52. The van der Waals surface area contributed by atoms with E-state index in [2.05, 4.69) is 18.7 Å². The van der Waals surface area contributed by atoms with Crippen LogP contribution in [0.4, 0.5) is 0 Å². The van der Waals surface area contributed by atoms with Crippen molar-refractivity contribution in [2.24, 2.45) is 0 Å². The Labute approximate surface area is 115 Å². The van der Waals surface area contributed by atoms with E-state index in [1.807, 2.05) is 18.2 Å². The summed E-state index contributed by atoms with van der Waals surface area (Å²) in [4.78, 5) is 2.27. The summed E-state index contributed by atoms with van der Waals surface area (Å²) in [7, 11) is 0. The van der Waals surface area contributed by atoms with Crippen molar-refractivity contribution in [3.63, 3.8) is 0 Å². The van der Waals surface area contributed by atoms with Gasteiger partial charge in [-0.2, -0.15) is 0 Å². The van der Waals surface area contributed by atoms with Crippen LogP contribution in [0.1, 0.15) is 19.4 Å². The molecule has 0 aliphatic heterocycles. The van der Waals surface area contributed by atoms with Gasteiger partial charge in [-0.3, -0.25) is 4.90 Å². The quantitative estimate of drug-likeness (QED) is 0.908. The highest BCUT2D eigenvalue weighted by molar-refractivity contribution is 5.85. The standard InChI is InChI=1S/C11H17NO.2ClH.2H2O/c1-3-12(4-2)9-10-7-5-6-8-11(10)13;;;;/h5-8,13H,3-4,9H2,1-2H3;2*1H;2*1H2. The van der Waals surface area contributed by atoms with Crippen molar-refractivity contribution in [1.82, 2.24) is 4.90 Å². The van der Waals surface area contributed by atoms with Gasteiger partial charge in [0.15, 0.2) is 0 Å². The van der Waals surface area contributed by atoms with Crippen molar-refractivity contribution in [3.05, 3.63) is 29.8 Å². The van der Waals surface area contributed by atoms with Crippen molar-refractivity contribution in [3.8, 4) is 5.75 Å². The second kappa shape index (κ2) is 13.5. The molecule has 0 aromatic heterocycles. The first-order valence-electron chi connectivity index (χ1n) is 4.77. The van der Waals surface area contributed by atoms with Crippen LogP contribution in [0, 0.1) is 0 Å². The molecule has 104 valence electrons. The molecule has 0 bridgehead atoms. The van der Waals surface area contributed by atoms with E-state index in [1.54, 1.807) is 6.07 Å². The first-order chi connectivity index (χ1) is 6.27. The minimum absolute atomic E-state index is 0. The molecule has 17 heavy (non-hydrogen) atoms. The van der Waals surface area contributed by atoms with E-state index < -0.39 is 0 Å². The lowest BCUT2D eigenvalue weighted by Gasteiger charge is -2.18. The minimum atomic E-state index is 0. The minimum Gasteiger partial charge on any atom is -0.508 e. The summed E-state index contributed by atoms with van der Waals surface area (Å²) in [6, 6.07) is 7.51. The van der Waals surface area contributed by atoms with Crippen LogP contribution in [0.25, 0.3) is 0 Å². The molecule has 0 atom stereocenters. The predicted octanol–water partition coefficient (Wildman–Crippen LogP) is 1.43. The van der Waals surface area contributed by atoms with Gasteiger partial charge in [-0.25, -0.2) is 0 Å². The number of phenolic OH excluding ortho intramolecular Hbond substituents is 1. The van der Waals surface area contributed by atoms with E-state index >= 15 is 0 Å². The van der Waals surface area contributed by atoms with Crippen LogP contribution in [0.3, 0.4) is 0 Å². The van der Waals surface area contributed by atoms with Crippen molar-refractivity contribution in [1.29, 1.82) is 0 Å². The van der Waals surface area contributed by atoms with E-state index in [0.29, 0.717) is 5.75 Å². The SMILES string of the molecule is CCN(CC)Cc1ccccc1O.Cl.Cl.O.O.